The number of ether oxygens (including phenoxy) is 3. The van der Waals surface area contributed by atoms with Crippen molar-refractivity contribution in [3.05, 3.63) is 36.4 Å². The topological polar surface area (TPSA) is 85.0 Å². The number of hydrogen-bond acceptors (Lipinski definition) is 5. The van der Waals surface area contributed by atoms with E-state index in [1.54, 1.807) is 24.8 Å². The summed E-state index contributed by atoms with van der Waals surface area (Å²) in [5.74, 6) is 1.64. The molecule has 0 unspecified atom stereocenters. The summed E-state index contributed by atoms with van der Waals surface area (Å²) in [4.78, 5) is 14.0. The van der Waals surface area contributed by atoms with Crippen LogP contribution in [0, 0.1) is 0 Å². The molecule has 2 aromatic rings. The largest absolute Gasteiger partial charge is 0.377 e. The fourth-order valence-corrected chi connectivity index (χ4v) is 1.43. The molecule has 0 spiro atoms. The zero-order valence-corrected chi connectivity index (χ0v) is 10.7. The average molecular weight is 266 g/mol. The van der Waals surface area contributed by atoms with Gasteiger partial charge in [0.15, 0.2) is 0 Å². The van der Waals surface area contributed by atoms with Gasteiger partial charge in [0.1, 0.15) is 24.9 Å². The standard InChI is InChI=1S/C12H18N4O3/c1-2-14-11(13-1)9-18-7-5-17-6-8-19-10-12-15-3-4-16-12/h1-4H,5-10H2,(H,13,14)(H,15,16). The van der Waals surface area contributed by atoms with Crippen molar-refractivity contribution < 1.29 is 14.2 Å². The van der Waals surface area contributed by atoms with Crippen molar-refractivity contribution in [2.24, 2.45) is 0 Å². The summed E-state index contributed by atoms with van der Waals surface area (Å²) in [6.07, 6.45) is 6.94. The van der Waals surface area contributed by atoms with Crippen molar-refractivity contribution in [3.8, 4) is 0 Å². The van der Waals surface area contributed by atoms with Crippen LogP contribution in [0.25, 0.3) is 0 Å². The molecule has 0 aliphatic rings. The Hall–Kier alpha value is -1.70. The molecular formula is C12H18N4O3. The van der Waals surface area contributed by atoms with Crippen LogP contribution in [0.15, 0.2) is 24.8 Å². The lowest BCUT2D eigenvalue weighted by molar-refractivity contribution is 0.00510. The molecule has 2 N–H and O–H groups in total. The van der Waals surface area contributed by atoms with E-state index in [2.05, 4.69) is 19.9 Å². The molecule has 7 nitrogen and oxygen atoms in total. The summed E-state index contributed by atoms with van der Waals surface area (Å²) in [6, 6.07) is 0. The van der Waals surface area contributed by atoms with Gasteiger partial charge in [0.2, 0.25) is 0 Å². The molecule has 7 heteroatoms. The number of hydrogen-bond donors (Lipinski definition) is 2. The Morgan fingerprint density at radius 2 is 1.21 bits per heavy atom. The van der Waals surface area contributed by atoms with Crippen molar-refractivity contribution >= 4 is 0 Å². The summed E-state index contributed by atoms with van der Waals surface area (Å²) >= 11 is 0. The minimum atomic E-state index is 0.478. The number of H-pyrrole nitrogens is 2. The molecule has 2 aromatic heterocycles. The highest BCUT2D eigenvalue weighted by atomic mass is 16.5. The van der Waals surface area contributed by atoms with E-state index in [1.165, 1.54) is 0 Å². The van der Waals surface area contributed by atoms with E-state index in [9.17, 15) is 0 Å². The number of nitrogens with zero attached hydrogens (tertiary/aromatic N) is 2. The first-order valence-corrected chi connectivity index (χ1v) is 6.15. The summed E-state index contributed by atoms with van der Waals surface area (Å²) in [5, 5.41) is 0. The van der Waals surface area contributed by atoms with Crippen LogP contribution in [0.1, 0.15) is 11.6 Å². The van der Waals surface area contributed by atoms with Crippen LogP contribution < -0.4 is 0 Å². The molecule has 0 amide bonds. The third-order valence-electron chi connectivity index (χ3n) is 2.33. The number of nitrogens with one attached hydrogen (secondary N) is 2. The van der Waals surface area contributed by atoms with Gasteiger partial charge < -0.3 is 24.2 Å². The highest BCUT2D eigenvalue weighted by Gasteiger charge is 1.96. The monoisotopic (exact) mass is 266 g/mol. The molecule has 0 saturated heterocycles. The van der Waals surface area contributed by atoms with Crippen LogP contribution in [0.4, 0.5) is 0 Å². The molecule has 104 valence electrons. The van der Waals surface area contributed by atoms with Crippen molar-refractivity contribution in [1.29, 1.82) is 0 Å². The SMILES string of the molecule is c1c[nH]c(COCCOCCOCc2ncc[nH]2)n1. The van der Waals surface area contributed by atoms with E-state index in [0.717, 1.165) is 11.6 Å². The predicted octanol–water partition coefficient (Wildman–Crippen LogP) is 0.883. The van der Waals surface area contributed by atoms with Crippen LogP contribution in [0.5, 0.6) is 0 Å². The minimum absolute atomic E-state index is 0.478. The van der Waals surface area contributed by atoms with Gasteiger partial charge in [-0.2, -0.15) is 0 Å². The van der Waals surface area contributed by atoms with Gasteiger partial charge in [-0.25, -0.2) is 9.97 Å². The quantitative estimate of drug-likeness (QED) is 0.624. The lowest BCUT2D eigenvalue weighted by atomic mass is 10.6. The van der Waals surface area contributed by atoms with Crippen LogP contribution in [-0.2, 0) is 27.4 Å². The van der Waals surface area contributed by atoms with E-state index < -0.39 is 0 Å². The lowest BCUT2D eigenvalue weighted by Gasteiger charge is -2.05. The molecule has 0 saturated carbocycles. The van der Waals surface area contributed by atoms with Gasteiger partial charge in [-0.1, -0.05) is 0 Å². The highest BCUT2D eigenvalue weighted by molar-refractivity contribution is 4.84. The molecule has 2 rings (SSSR count). The smallest absolute Gasteiger partial charge is 0.132 e. The Kier molecular flexibility index (Phi) is 6.08. The van der Waals surface area contributed by atoms with Gasteiger partial charge in [-0.05, 0) is 0 Å². The van der Waals surface area contributed by atoms with Gasteiger partial charge in [0, 0.05) is 24.8 Å². The van der Waals surface area contributed by atoms with E-state index in [0.29, 0.717) is 39.6 Å². The molecule has 0 aromatic carbocycles. The van der Waals surface area contributed by atoms with Crippen LogP contribution in [0.3, 0.4) is 0 Å². The number of aromatic amines is 2. The number of imidazole rings is 2. The second-order valence-corrected chi connectivity index (χ2v) is 3.79. The highest BCUT2D eigenvalue weighted by Crippen LogP contribution is 1.93. The summed E-state index contributed by atoms with van der Waals surface area (Å²) in [7, 11) is 0. The van der Waals surface area contributed by atoms with Crippen LogP contribution >= 0.6 is 0 Å². The van der Waals surface area contributed by atoms with Gasteiger partial charge in [0.05, 0.1) is 26.4 Å². The van der Waals surface area contributed by atoms with Gasteiger partial charge >= 0.3 is 0 Å². The maximum atomic E-state index is 5.37. The zero-order valence-electron chi connectivity index (χ0n) is 10.7. The summed E-state index contributed by atoms with van der Waals surface area (Å²) in [6.45, 7) is 3.13. The first-order valence-electron chi connectivity index (χ1n) is 6.15. The molecule has 0 atom stereocenters. The van der Waals surface area contributed by atoms with Gasteiger partial charge in [-0.15, -0.1) is 0 Å². The molecule has 0 aliphatic heterocycles. The molecule has 2 heterocycles. The van der Waals surface area contributed by atoms with E-state index in [-0.39, 0.29) is 0 Å². The van der Waals surface area contributed by atoms with Crippen LogP contribution in [0.2, 0.25) is 0 Å². The Morgan fingerprint density at radius 3 is 1.63 bits per heavy atom. The van der Waals surface area contributed by atoms with Crippen molar-refractivity contribution in [3.63, 3.8) is 0 Å². The van der Waals surface area contributed by atoms with E-state index in [1.807, 2.05) is 0 Å². The fourth-order valence-electron chi connectivity index (χ4n) is 1.43. The van der Waals surface area contributed by atoms with Crippen LogP contribution in [-0.4, -0.2) is 46.4 Å². The normalized spacial score (nSPS) is 10.9. The first-order chi connectivity index (χ1) is 9.45. The maximum Gasteiger partial charge on any atom is 0.132 e. The zero-order chi connectivity index (χ0) is 13.2. The summed E-state index contributed by atoms with van der Waals surface area (Å²) in [5.41, 5.74) is 0. The second-order valence-electron chi connectivity index (χ2n) is 3.79. The Bertz CT molecular complexity index is 376. The van der Waals surface area contributed by atoms with E-state index in [4.69, 9.17) is 14.2 Å². The maximum absolute atomic E-state index is 5.37. The number of aromatic nitrogens is 4. The predicted molar refractivity (Wildman–Crippen MR) is 67.3 cm³/mol. The minimum Gasteiger partial charge on any atom is -0.377 e. The van der Waals surface area contributed by atoms with Crippen molar-refractivity contribution in [2.75, 3.05) is 26.4 Å². The molecule has 0 aliphatic carbocycles. The number of rotatable bonds is 10. The van der Waals surface area contributed by atoms with Crippen molar-refractivity contribution in [2.45, 2.75) is 13.2 Å². The van der Waals surface area contributed by atoms with Gasteiger partial charge in [-0.3, -0.25) is 0 Å². The molecule has 19 heavy (non-hydrogen) atoms. The molecular weight excluding hydrogens is 248 g/mol. The molecule has 0 bridgehead atoms. The molecule has 0 radical (unpaired) electrons. The Morgan fingerprint density at radius 1 is 0.737 bits per heavy atom. The third-order valence-corrected chi connectivity index (χ3v) is 2.33. The Labute approximate surface area is 111 Å². The van der Waals surface area contributed by atoms with Gasteiger partial charge in [0.25, 0.3) is 0 Å². The first kappa shape index (κ1) is 13.7. The summed E-state index contributed by atoms with van der Waals surface area (Å²) < 4.78 is 16.1. The fraction of sp³-hybridized carbons (Fsp3) is 0.500. The van der Waals surface area contributed by atoms with E-state index >= 15 is 0 Å². The third kappa shape index (κ3) is 5.64. The Balaban J connectivity index is 1.36. The second kappa shape index (κ2) is 8.41. The lowest BCUT2D eigenvalue weighted by Crippen LogP contribution is -2.09. The average Bonchev–Trinajstić information content (AvgIpc) is 3.10. The molecule has 0 fully saturated rings. The van der Waals surface area contributed by atoms with Crippen molar-refractivity contribution in [1.82, 2.24) is 19.9 Å².